The summed E-state index contributed by atoms with van der Waals surface area (Å²) in [6, 6.07) is 5.04. The highest BCUT2D eigenvalue weighted by molar-refractivity contribution is 9.09. The van der Waals surface area contributed by atoms with Crippen molar-refractivity contribution in [1.29, 1.82) is 0 Å². The lowest BCUT2D eigenvalue weighted by atomic mass is 10.1. The van der Waals surface area contributed by atoms with Crippen LogP contribution in [0.3, 0.4) is 0 Å². The molecule has 0 fully saturated rings. The zero-order chi connectivity index (χ0) is 13.4. The normalized spacial score (nSPS) is 10.8. The van der Waals surface area contributed by atoms with Gasteiger partial charge in [-0.05, 0) is 25.1 Å². The zero-order valence-electron chi connectivity index (χ0n) is 10.0. The van der Waals surface area contributed by atoms with Gasteiger partial charge < -0.3 is 5.11 Å². The van der Waals surface area contributed by atoms with Crippen LogP contribution >= 0.6 is 15.9 Å². The third-order valence-corrected chi connectivity index (χ3v) is 3.46. The number of ketones is 1. The number of aromatic hydroxyl groups is 1. The van der Waals surface area contributed by atoms with Crippen LogP contribution in [-0.2, 0) is 0 Å². The monoisotopic (exact) mass is 309 g/mol. The van der Waals surface area contributed by atoms with Crippen LogP contribution in [0.1, 0.15) is 27.6 Å². The van der Waals surface area contributed by atoms with Gasteiger partial charge in [0.2, 0.25) is 11.8 Å². The van der Waals surface area contributed by atoms with Crippen molar-refractivity contribution in [3.63, 3.8) is 0 Å². The number of Topliss-reactive ketones (excluding diaryl/α,β-unsaturated/α-hetero) is 1. The maximum absolute atomic E-state index is 11.6. The molecule has 0 aliphatic heterocycles. The Balaban J connectivity index is 2.76. The number of hydrogen-bond donors (Lipinski definition) is 1. The second-order valence-corrected chi connectivity index (χ2v) is 4.65. The van der Waals surface area contributed by atoms with E-state index in [2.05, 4.69) is 15.9 Å². The molecule has 1 heterocycles. The molecule has 0 aliphatic carbocycles. The van der Waals surface area contributed by atoms with Gasteiger partial charge in [-0.15, -0.1) is 0 Å². The quantitative estimate of drug-likeness (QED) is 0.685. The van der Waals surface area contributed by atoms with Crippen molar-refractivity contribution in [2.24, 2.45) is 0 Å². The zero-order valence-corrected chi connectivity index (χ0v) is 11.6. The lowest BCUT2D eigenvalue weighted by Crippen LogP contribution is -2.04. The van der Waals surface area contributed by atoms with Crippen LogP contribution in [0.15, 0.2) is 18.2 Å². The third kappa shape index (κ3) is 1.84. The van der Waals surface area contributed by atoms with Gasteiger partial charge in [-0.3, -0.25) is 14.2 Å². The van der Waals surface area contributed by atoms with Gasteiger partial charge in [-0.25, -0.2) is 0 Å². The minimum atomic E-state index is -0.259. The van der Waals surface area contributed by atoms with Gasteiger partial charge in [0.1, 0.15) is 0 Å². The Morgan fingerprint density at radius 1 is 1.39 bits per heavy atom. The summed E-state index contributed by atoms with van der Waals surface area (Å²) in [4.78, 5) is 23.1. The van der Waals surface area contributed by atoms with E-state index in [9.17, 15) is 14.7 Å². The predicted octanol–water partition coefficient (Wildman–Crippen LogP) is 2.89. The van der Waals surface area contributed by atoms with E-state index >= 15 is 0 Å². The van der Waals surface area contributed by atoms with Gasteiger partial charge in [0.05, 0.1) is 10.8 Å². The van der Waals surface area contributed by atoms with Gasteiger partial charge in [-0.1, -0.05) is 15.9 Å². The van der Waals surface area contributed by atoms with Gasteiger partial charge in [0.15, 0.2) is 5.78 Å². The number of aromatic nitrogens is 1. The third-order valence-electron chi connectivity index (χ3n) is 2.95. The number of hydrogen-bond acceptors (Lipinski definition) is 3. The number of carbonyl (C=O) groups excluding carboxylic acids is 2. The van der Waals surface area contributed by atoms with E-state index in [0.717, 1.165) is 5.39 Å². The summed E-state index contributed by atoms with van der Waals surface area (Å²) in [6.45, 7) is 3.11. The van der Waals surface area contributed by atoms with E-state index in [1.165, 1.54) is 11.5 Å². The predicted molar refractivity (Wildman–Crippen MR) is 72.8 cm³/mol. The molecule has 0 aliphatic rings. The van der Waals surface area contributed by atoms with Crippen molar-refractivity contribution in [3.8, 4) is 5.88 Å². The van der Waals surface area contributed by atoms with E-state index in [1.54, 1.807) is 25.1 Å². The molecule has 4 nitrogen and oxygen atoms in total. The number of nitrogens with zero attached hydrogens (tertiary/aromatic N) is 1. The summed E-state index contributed by atoms with van der Waals surface area (Å²) in [5.41, 5.74) is 1.77. The molecule has 2 rings (SSSR count). The van der Waals surface area contributed by atoms with Crippen molar-refractivity contribution in [1.82, 2.24) is 4.57 Å². The average Bonchev–Trinajstić information content (AvgIpc) is 2.60. The Morgan fingerprint density at radius 3 is 2.61 bits per heavy atom. The Bertz CT molecular complexity index is 658. The molecule has 94 valence electrons. The number of rotatable bonds is 2. The first-order valence-corrected chi connectivity index (χ1v) is 6.53. The van der Waals surface area contributed by atoms with Crippen molar-refractivity contribution in [2.75, 3.05) is 5.33 Å². The molecule has 0 bridgehead atoms. The molecule has 0 radical (unpaired) electrons. The van der Waals surface area contributed by atoms with E-state index in [-0.39, 0.29) is 22.9 Å². The number of alkyl halides is 1. The molecule has 0 unspecified atom stereocenters. The first-order chi connectivity index (χ1) is 8.47. The second kappa shape index (κ2) is 4.57. The van der Waals surface area contributed by atoms with Crippen LogP contribution in [-0.4, -0.2) is 26.7 Å². The molecule has 0 amide bonds. The SMILES string of the molecule is CC(=O)n1c(O)c(C)c2cc(C(=O)CBr)ccc21. The van der Waals surface area contributed by atoms with Crippen molar-refractivity contribution in [3.05, 3.63) is 29.3 Å². The Labute approximate surface area is 112 Å². The van der Waals surface area contributed by atoms with Crippen LogP contribution in [0, 0.1) is 6.92 Å². The molecular formula is C13H12BrNO3. The fourth-order valence-electron chi connectivity index (χ4n) is 2.00. The number of halogens is 1. The number of benzene rings is 1. The second-order valence-electron chi connectivity index (χ2n) is 4.09. The summed E-state index contributed by atoms with van der Waals surface area (Å²) < 4.78 is 1.24. The first-order valence-electron chi connectivity index (χ1n) is 5.41. The molecular weight excluding hydrogens is 298 g/mol. The number of carbonyl (C=O) groups is 2. The molecule has 0 saturated carbocycles. The van der Waals surface area contributed by atoms with Crippen LogP contribution < -0.4 is 0 Å². The Kier molecular flexibility index (Phi) is 3.26. The van der Waals surface area contributed by atoms with Gasteiger partial charge in [0, 0.05) is 23.4 Å². The molecule has 1 aromatic heterocycles. The van der Waals surface area contributed by atoms with E-state index in [4.69, 9.17) is 0 Å². The maximum atomic E-state index is 11.6. The lowest BCUT2D eigenvalue weighted by molar-refractivity contribution is 0.0932. The molecule has 0 atom stereocenters. The molecule has 2 aromatic rings. The highest BCUT2D eigenvalue weighted by Crippen LogP contribution is 2.31. The standard InChI is InChI=1S/C13H12BrNO3/c1-7-10-5-9(12(17)6-14)3-4-11(10)15(8(2)16)13(7)18/h3-5,18H,6H2,1-2H3. The first kappa shape index (κ1) is 12.8. The maximum Gasteiger partial charge on any atom is 0.230 e. The van der Waals surface area contributed by atoms with Crippen LogP contribution in [0.5, 0.6) is 5.88 Å². The van der Waals surface area contributed by atoms with E-state index in [0.29, 0.717) is 16.6 Å². The van der Waals surface area contributed by atoms with Crippen LogP contribution in [0.2, 0.25) is 0 Å². The summed E-state index contributed by atoms with van der Waals surface area (Å²) in [5, 5.41) is 10.9. The summed E-state index contributed by atoms with van der Waals surface area (Å²) in [7, 11) is 0. The number of fused-ring (bicyclic) bond motifs is 1. The molecule has 0 saturated heterocycles. The molecule has 1 aromatic carbocycles. The fourth-order valence-corrected chi connectivity index (χ4v) is 2.33. The van der Waals surface area contributed by atoms with Gasteiger partial charge in [0.25, 0.3) is 0 Å². The molecule has 5 heteroatoms. The molecule has 1 N–H and O–H groups in total. The topological polar surface area (TPSA) is 59.3 Å². The summed E-state index contributed by atoms with van der Waals surface area (Å²) >= 11 is 3.12. The minimum absolute atomic E-state index is 0.0358. The fraction of sp³-hybridized carbons (Fsp3) is 0.231. The van der Waals surface area contributed by atoms with Gasteiger partial charge >= 0.3 is 0 Å². The Morgan fingerprint density at radius 2 is 2.06 bits per heavy atom. The summed E-state index contributed by atoms with van der Waals surface area (Å²) in [5.74, 6) is -0.363. The van der Waals surface area contributed by atoms with Crippen LogP contribution in [0.4, 0.5) is 0 Å². The Hall–Kier alpha value is -1.62. The smallest absolute Gasteiger partial charge is 0.230 e. The van der Waals surface area contributed by atoms with Crippen molar-refractivity contribution >= 4 is 38.5 Å². The lowest BCUT2D eigenvalue weighted by Gasteiger charge is -2.01. The largest absolute Gasteiger partial charge is 0.494 e. The summed E-state index contributed by atoms with van der Waals surface area (Å²) in [6.07, 6.45) is 0. The molecule has 18 heavy (non-hydrogen) atoms. The molecule has 0 spiro atoms. The van der Waals surface area contributed by atoms with E-state index < -0.39 is 0 Å². The van der Waals surface area contributed by atoms with Crippen molar-refractivity contribution < 1.29 is 14.7 Å². The van der Waals surface area contributed by atoms with Crippen LogP contribution in [0.25, 0.3) is 10.9 Å². The van der Waals surface area contributed by atoms with E-state index in [1.807, 2.05) is 0 Å². The number of aryl methyl sites for hydroxylation is 1. The van der Waals surface area contributed by atoms with Gasteiger partial charge in [-0.2, -0.15) is 0 Å². The average molecular weight is 310 g/mol. The highest BCUT2D eigenvalue weighted by Gasteiger charge is 2.17. The highest BCUT2D eigenvalue weighted by atomic mass is 79.9. The van der Waals surface area contributed by atoms with Crippen molar-refractivity contribution in [2.45, 2.75) is 13.8 Å². The minimum Gasteiger partial charge on any atom is -0.494 e.